The molecule has 2 aliphatic heterocycles. The van der Waals surface area contributed by atoms with Crippen LogP contribution >= 0.6 is 11.8 Å². The van der Waals surface area contributed by atoms with E-state index >= 15 is 0 Å². The van der Waals surface area contributed by atoms with Crippen LogP contribution in [-0.2, 0) is 14.6 Å². The molecule has 3 fully saturated rings. The molecule has 0 spiro atoms. The van der Waals surface area contributed by atoms with Crippen LogP contribution in [0.4, 0.5) is 5.69 Å². The molecule has 8 heteroatoms. The van der Waals surface area contributed by atoms with E-state index in [0.29, 0.717) is 23.3 Å². The van der Waals surface area contributed by atoms with Gasteiger partial charge in [-0.2, -0.15) is 4.99 Å². The van der Waals surface area contributed by atoms with Crippen LogP contribution in [0.1, 0.15) is 38.5 Å². The third-order valence-corrected chi connectivity index (χ3v) is 9.07. The topological polar surface area (TPSA) is 76.0 Å². The number of amides is 1. The lowest BCUT2D eigenvalue weighted by atomic mass is 10.0. The molecule has 0 radical (unpaired) electrons. The van der Waals surface area contributed by atoms with Gasteiger partial charge >= 0.3 is 0 Å². The highest BCUT2D eigenvalue weighted by molar-refractivity contribution is 8.16. The summed E-state index contributed by atoms with van der Waals surface area (Å²) in [5.74, 6) is 1.47. The van der Waals surface area contributed by atoms with Crippen LogP contribution in [0.5, 0.6) is 5.75 Å². The first-order valence-electron chi connectivity index (χ1n) is 9.87. The summed E-state index contributed by atoms with van der Waals surface area (Å²) in [7, 11) is -1.47. The first-order chi connectivity index (χ1) is 13.4. The second kappa shape index (κ2) is 8.06. The quantitative estimate of drug-likeness (QED) is 0.725. The Labute approximate surface area is 170 Å². The van der Waals surface area contributed by atoms with Crippen molar-refractivity contribution < 1.29 is 17.9 Å². The van der Waals surface area contributed by atoms with Crippen molar-refractivity contribution in [2.45, 2.75) is 49.8 Å². The van der Waals surface area contributed by atoms with Gasteiger partial charge in [0, 0.05) is 23.4 Å². The zero-order valence-electron chi connectivity index (χ0n) is 16.0. The minimum atomic E-state index is -3.07. The number of ether oxygens (including phenoxy) is 1. The number of thioether (sulfide) groups is 1. The first-order valence-corrected chi connectivity index (χ1v) is 12.6. The Morgan fingerprint density at radius 1 is 1.29 bits per heavy atom. The molecule has 2 atom stereocenters. The molecule has 1 aliphatic carbocycles. The number of benzene rings is 1. The van der Waals surface area contributed by atoms with Crippen LogP contribution in [0.3, 0.4) is 0 Å². The van der Waals surface area contributed by atoms with E-state index in [9.17, 15) is 13.2 Å². The van der Waals surface area contributed by atoms with Crippen molar-refractivity contribution >= 4 is 38.4 Å². The average molecular weight is 423 g/mol. The fourth-order valence-corrected chi connectivity index (χ4v) is 8.35. The highest BCUT2D eigenvalue weighted by atomic mass is 32.2. The first kappa shape index (κ1) is 19.8. The number of rotatable bonds is 5. The Morgan fingerprint density at radius 2 is 2.07 bits per heavy atom. The van der Waals surface area contributed by atoms with Crippen molar-refractivity contribution in [1.29, 1.82) is 0 Å². The number of sulfone groups is 1. The molecule has 152 valence electrons. The summed E-state index contributed by atoms with van der Waals surface area (Å²) < 4.78 is 29.6. The lowest BCUT2D eigenvalue weighted by Gasteiger charge is -2.24. The number of nitrogens with zero attached hydrogens (tertiary/aromatic N) is 2. The molecule has 1 aromatic rings. The van der Waals surface area contributed by atoms with Crippen LogP contribution in [0, 0.1) is 5.92 Å². The smallest absolute Gasteiger partial charge is 0.248 e. The Kier molecular flexibility index (Phi) is 5.69. The maximum Gasteiger partial charge on any atom is 0.248 e. The molecule has 3 aliphatic rings. The van der Waals surface area contributed by atoms with Crippen LogP contribution in [0.15, 0.2) is 29.3 Å². The third-order valence-electron chi connectivity index (χ3n) is 5.86. The molecule has 0 N–H and O–H groups in total. The van der Waals surface area contributed by atoms with Gasteiger partial charge in [-0.15, -0.1) is 0 Å². The third kappa shape index (κ3) is 4.22. The number of carbonyl (C=O) groups is 1. The standard InChI is InChI=1S/C20H26N2O4S2/c1-26-16-8-4-7-15(11-16)22-17-12-28(24,25)13-18(17)27-20(22)21-19(23)10-9-14-5-2-3-6-14/h4,7-8,11,14,17-18H,2-3,5-6,9-10,12-13H2,1H3/t17-,18-/m0/s1. The second-order valence-electron chi connectivity index (χ2n) is 7.85. The molecule has 1 saturated carbocycles. The fraction of sp³-hybridized carbons (Fsp3) is 0.600. The molecule has 0 aromatic heterocycles. The van der Waals surface area contributed by atoms with Gasteiger partial charge in [0.05, 0.1) is 24.7 Å². The van der Waals surface area contributed by atoms with Crippen LogP contribution in [0.25, 0.3) is 0 Å². The van der Waals surface area contributed by atoms with E-state index in [1.165, 1.54) is 37.4 Å². The molecule has 1 amide bonds. The van der Waals surface area contributed by atoms with Gasteiger partial charge in [-0.05, 0) is 24.5 Å². The van der Waals surface area contributed by atoms with Crippen molar-refractivity contribution in [2.75, 3.05) is 23.5 Å². The number of anilines is 1. The minimum absolute atomic E-state index is 0.0856. The van der Waals surface area contributed by atoms with E-state index in [2.05, 4.69) is 4.99 Å². The molecule has 2 saturated heterocycles. The fourth-order valence-electron chi connectivity index (χ4n) is 4.42. The van der Waals surface area contributed by atoms with Gasteiger partial charge in [0.25, 0.3) is 0 Å². The van der Waals surface area contributed by atoms with Gasteiger partial charge in [-0.25, -0.2) is 8.42 Å². The van der Waals surface area contributed by atoms with Gasteiger partial charge in [0.15, 0.2) is 15.0 Å². The molecule has 0 unspecified atom stereocenters. The van der Waals surface area contributed by atoms with Gasteiger partial charge < -0.3 is 9.64 Å². The lowest BCUT2D eigenvalue weighted by Crippen LogP contribution is -2.37. The Morgan fingerprint density at radius 3 is 2.82 bits per heavy atom. The molecule has 1 aromatic carbocycles. The van der Waals surface area contributed by atoms with Crippen molar-refractivity contribution in [3.8, 4) is 5.75 Å². The van der Waals surface area contributed by atoms with Crippen LogP contribution < -0.4 is 9.64 Å². The average Bonchev–Trinajstić information content (AvgIpc) is 3.34. The van der Waals surface area contributed by atoms with Crippen LogP contribution in [-0.4, -0.2) is 49.4 Å². The number of aliphatic imine (C=N–C) groups is 1. The van der Waals surface area contributed by atoms with E-state index < -0.39 is 9.84 Å². The van der Waals surface area contributed by atoms with Crippen molar-refractivity contribution in [1.82, 2.24) is 0 Å². The molecule has 0 bridgehead atoms. The molecule has 28 heavy (non-hydrogen) atoms. The summed E-state index contributed by atoms with van der Waals surface area (Å²) in [6.07, 6.45) is 6.34. The summed E-state index contributed by atoms with van der Waals surface area (Å²) in [5.41, 5.74) is 0.818. The normalized spacial score (nSPS) is 28.0. The van der Waals surface area contributed by atoms with Gasteiger partial charge in [0.1, 0.15) is 5.75 Å². The summed E-state index contributed by atoms with van der Waals surface area (Å²) in [4.78, 5) is 18.9. The van der Waals surface area contributed by atoms with Crippen molar-refractivity contribution in [3.05, 3.63) is 24.3 Å². The number of amidine groups is 1. The monoisotopic (exact) mass is 422 g/mol. The number of carbonyl (C=O) groups excluding carboxylic acids is 1. The van der Waals surface area contributed by atoms with E-state index in [0.717, 1.165) is 12.1 Å². The SMILES string of the molecule is COc1cccc(N2C(=NC(=O)CCC3CCCC3)S[C@H]3CS(=O)(=O)C[C@@H]32)c1. The van der Waals surface area contributed by atoms with E-state index in [1.54, 1.807) is 7.11 Å². The highest BCUT2D eigenvalue weighted by Crippen LogP contribution is 2.41. The zero-order valence-corrected chi connectivity index (χ0v) is 17.7. The van der Waals surface area contributed by atoms with Crippen molar-refractivity contribution in [3.63, 3.8) is 0 Å². The summed E-state index contributed by atoms with van der Waals surface area (Å²) in [5, 5.41) is 0.534. The molecule has 4 rings (SSSR count). The largest absolute Gasteiger partial charge is 0.497 e. The number of methoxy groups -OCH3 is 1. The lowest BCUT2D eigenvalue weighted by molar-refractivity contribution is -0.118. The molecular weight excluding hydrogens is 396 g/mol. The predicted octanol–water partition coefficient (Wildman–Crippen LogP) is 3.27. The maximum absolute atomic E-state index is 12.5. The zero-order chi connectivity index (χ0) is 19.7. The number of hydrogen-bond acceptors (Lipinski definition) is 5. The predicted molar refractivity (Wildman–Crippen MR) is 113 cm³/mol. The number of hydrogen-bond donors (Lipinski definition) is 0. The Hall–Kier alpha value is -1.54. The molecular formula is C20H26N2O4S2. The maximum atomic E-state index is 12.5. The molecule has 6 nitrogen and oxygen atoms in total. The summed E-state index contributed by atoms with van der Waals surface area (Å²) in [6.45, 7) is 0. The molecule has 2 heterocycles. The number of fused-ring (bicyclic) bond motifs is 1. The minimum Gasteiger partial charge on any atom is -0.497 e. The van der Waals surface area contributed by atoms with Gasteiger partial charge in [0.2, 0.25) is 5.91 Å². The summed E-state index contributed by atoms with van der Waals surface area (Å²) >= 11 is 1.42. The van der Waals surface area contributed by atoms with Gasteiger partial charge in [-0.1, -0.05) is 43.5 Å². The Balaban J connectivity index is 1.56. The van der Waals surface area contributed by atoms with E-state index in [-0.39, 0.29) is 28.7 Å². The van der Waals surface area contributed by atoms with Gasteiger partial charge in [-0.3, -0.25) is 4.79 Å². The highest BCUT2D eigenvalue weighted by Gasteiger charge is 2.49. The summed E-state index contributed by atoms with van der Waals surface area (Å²) in [6, 6.07) is 7.30. The van der Waals surface area contributed by atoms with Crippen LogP contribution in [0.2, 0.25) is 0 Å². The Bertz CT molecular complexity index is 878. The van der Waals surface area contributed by atoms with E-state index in [1.807, 2.05) is 29.2 Å². The van der Waals surface area contributed by atoms with Crippen molar-refractivity contribution in [2.24, 2.45) is 10.9 Å². The second-order valence-corrected chi connectivity index (χ2v) is 11.2. The van der Waals surface area contributed by atoms with E-state index in [4.69, 9.17) is 4.74 Å².